The van der Waals surface area contributed by atoms with Gasteiger partial charge in [0.2, 0.25) is 5.78 Å². The highest BCUT2D eigenvalue weighted by atomic mass is 16.5. The summed E-state index contributed by atoms with van der Waals surface area (Å²) in [5.41, 5.74) is 2.01. The van der Waals surface area contributed by atoms with Crippen molar-refractivity contribution in [2.45, 2.75) is 69.9 Å². The van der Waals surface area contributed by atoms with Crippen molar-refractivity contribution in [2.24, 2.45) is 11.8 Å². The van der Waals surface area contributed by atoms with Crippen LogP contribution in [0.3, 0.4) is 0 Å². The molecular formula is C23H31O4+. The van der Waals surface area contributed by atoms with Crippen LogP contribution in [-0.2, 0) is 14.2 Å². The highest BCUT2D eigenvalue weighted by molar-refractivity contribution is 5.96. The summed E-state index contributed by atoms with van der Waals surface area (Å²) in [6.45, 7) is 1.68. The number of fused-ring (bicyclic) bond motifs is 2. The number of carbonyl (C=O) groups excluding carboxylic acids is 1. The molecule has 4 rings (SSSR count). The van der Waals surface area contributed by atoms with Crippen LogP contribution in [0, 0.1) is 17.8 Å². The molecule has 4 heteroatoms. The number of carbonyl (C=O) groups is 1. The molecule has 6 atom stereocenters. The summed E-state index contributed by atoms with van der Waals surface area (Å²) in [5, 5.41) is 0. The van der Waals surface area contributed by atoms with Crippen LogP contribution < -0.4 is 0 Å². The SMILES string of the molecule is COC1CCC2[C+](c3ccccc3C(C)=O)C3CCC(OC)CC3OC2C1. The first-order valence-electron chi connectivity index (χ1n) is 10.3. The van der Waals surface area contributed by atoms with Crippen LogP contribution in [0.25, 0.3) is 0 Å². The van der Waals surface area contributed by atoms with Crippen LogP contribution in [0.15, 0.2) is 24.3 Å². The number of rotatable bonds is 4. The summed E-state index contributed by atoms with van der Waals surface area (Å²) in [6, 6.07) is 8.16. The predicted octanol–water partition coefficient (Wildman–Crippen LogP) is 4.21. The summed E-state index contributed by atoms with van der Waals surface area (Å²) >= 11 is 0. The molecule has 3 aliphatic rings. The fourth-order valence-electron chi connectivity index (χ4n) is 5.57. The van der Waals surface area contributed by atoms with Gasteiger partial charge in [-0.15, -0.1) is 0 Å². The van der Waals surface area contributed by atoms with E-state index in [1.807, 2.05) is 12.1 Å². The lowest BCUT2D eigenvalue weighted by molar-refractivity contribution is -0.159. The van der Waals surface area contributed by atoms with Crippen LogP contribution in [0.1, 0.15) is 61.4 Å². The van der Waals surface area contributed by atoms with E-state index in [1.54, 1.807) is 21.1 Å². The van der Waals surface area contributed by atoms with E-state index in [1.165, 1.54) is 5.92 Å². The van der Waals surface area contributed by atoms with Crippen LogP contribution in [-0.4, -0.2) is 44.4 Å². The van der Waals surface area contributed by atoms with Gasteiger partial charge in [0.1, 0.15) is 11.1 Å². The van der Waals surface area contributed by atoms with E-state index in [-0.39, 0.29) is 30.2 Å². The normalized spacial score (nSPS) is 36.0. The minimum absolute atomic E-state index is 0.147. The lowest BCUT2D eigenvalue weighted by Crippen LogP contribution is -2.53. The fourth-order valence-corrected chi connectivity index (χ4v) is 5.57. The zero-order valence-electron chi connectivity index (χ0n) is 16.6. The Morgan fingerprint density at radius 2 is 1.52 bits per heavy atom. The van der Waals surface area contributed by atoms with Gasteiger partial charge in [0.25, 0.3) is 0 Å². The Hall–Kier alpha value is -1.36. The Kier molecular flexibility index (Phi) is 5.58. The molecule has 0 N–H and O–H groups in total. The molecule has 4 nitrogen and oxygen atoms in total. The Morgan fingerprint density at radius 1 is 0.963 bits per heavy atom. The molecule has 0 spiro atoms. The van der Waals surface area contributed by atoms with E-state index in [0.717, 1.165) is 49.7 Å². The number of Topliss-reactive ketones (excluding diaryl/α,β-unsaturated/α-hetero) is 1. The Bertz CT molecular complexity index is 644. The maximum absolute atomic E-state index is 12.3. The van der Waals surface area contributed by atoms with Crippen molar-refractivity contribution in [1.82, 2.24) is 0 Å². The van der Waals surface area contributed by atoms with E-state index < -0.39 is 0 Å². The Labute approximate surface area is 162 Å². The quantitative estimate of drug-likeness (QED) is 0.587. The molecule has 0 amide bonds. The molecule has 1 saturated heterocycles. The van der Waals surface area contributed by atoms with Gasteiger partial charge < -0.3 is 14.2 Å². The van der Waals surface area contributed by atoms with E-state index in [0.29, 0.717) is 11.8 Å². The number of methoxy groups -OCH3 is 2. The van der Waals surface area contributed by atoms with Crippen LogP contribution in [0.4, 0.5) is 0 Å². The maximum atomic E-state index is 12.3. The molecule has 1 aromatic carbocycles. The van der Waals surface area contributed by atoms with Crippen molar-refractivity contribution in [2.75, 3.05) is 14.2 Å². The van der Waals surface area contributed by atoms with Gasteiger partial charge in [0, 0.05) is 52.0 Å². The van der Waals surface area contributed by atoms with Crippen molar-refractivity contribution < 1.29 is 19.0 Å². The predicted molar refractivity (Wildman–Crippen MR) is 104 cm³/mol. The zero-order valence-corrected chi connectivity index (χ0v) is 16.6. The smallest absolute Gasteiger partial charge is 0.215 e. The molecule has 27 heavy (non-hydrogen) atoms. The van der Waals surface area contributed by atoms with Crippen LogP contribution in [0.2, 0.25) is 0 Å². The number of ether oxygens (including phenoxy) is 3. The first-order chi connectivity index (χ1) is 13.1. The van der Waals surface area contributed by atoms with Crippen molar-refractivity contribution in [3.05, 3.63) is 41.3 Å². The zero-order chi connectivity index (χ0) is 19.0. The number of hydrogen-bond acceptors (Lipinski definition) is 4. The van der Waals surface area contributed by atoms with Gasteiger partial charge in [-0.25, -0.2) is 0 Å². The standard InChI is InChI=1S/C23H31O4/c1-14(24)17-6-4-5-7-18(17)23-19-10-8-15(25-2)12-21(19)27-22-13-16(26-3)9-11-20(22)23/h4-7,15-16,19-22H,8-13H2,1-3H3/q+1. The minimum Gasteiger partial charge on any atom is -0.381 e. The van der Waals surface area contributed by atoms with E-state index in [9.17, 15) is 4.79 Å². The molecule has 6 unspecified atom stereocenters. The summed E-state index contributed by atoms with van der Waals surface area (Å²) in [6.07, 6.45) is 7.04. The van der Waals surface area contributed by atoms with Crippen LogP contribution >= 0.6 is 0 Å². The van der Waals surface area contributed by atoms with Gasteiger partial charge in [0.15, 0.2) is 0 Å². The molecule has 146 valence electrons. The number of ketones is 1. The first-order valence-corrected chi connectivity index (χ1v) is 10.3. The largest absolute Gasteiger partial charge is 0.381 e. The van der Waals surface area contributed by atoms with Gasteiger partial charge in [-0.1, -0.05) is 0 Å². The minimum atomic E-state index is 0.147. The highest BCUT2D eigenvalue weighted by Crippen LogP contribution is 2.52. The van der Waals surface area contributed by atoms with Gasteiger partial charge in [-0.05, 0) is 37.8 Å². The second kappa shape index (κ2) is 7.94. The summed E-state index contributed by atoms with van der Waals surface area (Å²) in [7, 11) is 3.60. The summed E-state index contributed by atoms with van der Waals surface area (Å²) < 4.78 is 18.0. The van der Waals surface area contributed by atoms with Crippen molar-refractivity contribution >= 4 is 5.78 Å². The van der Waals surface area contributed by atoms with Crippen molar-refractivity contribution in [1.29, 1.82) is 0 Å². The highest BCUT2D eigenvalue weighted by Gasteiger charge is 2.54. The molecule has 0 bridgehead atoms. The molecule has 2 aliphatic carbocycles. The fraction of sp³-hybridized carbons (Fsp3) is 0.652. The number of hydrogen-bond donors (Lipinski definition) is 0. The lowest BCUT2D eigenvalue weighted by Gasteiger charge is -2.50. The van der Waals surface area contributed by atoms with E-state index in [4.69, 9.17) is 14.2 Å². The summed E-state index contributed by atoms with van der Waals surface area (Å²) in [5.74, 6) is 2.38. The first kappa shape index (κ1) is 19.0. The van der Waals surface area contributed by atoms with Crippen LogP contribution in [0.5, 0.6) is 0 Å². The van der Waals surface area contributed by atoms with Gasteiger partial charge in [-0.3, -0.25) is 4.79 Å². The third-order valence-corrected chi connectivity index (χ3v) is 6.92. The maximum Gasteiger partial charge on any atom is 0.215 e. The molecule has 2 saturated carbocycles. The molecule has 1 heterocycles. The van der Waals surface area contributed by atoms with E-state index in [2.05, 4.69) is 12.1 Å². The van der Waals surface area contributed by atoms with Crippen molar-refractivity contribution in [3.8, 4) is 0 Å². The topological polar surface area (TPSA) is 44.8 Å². The molecule has 3 fully saturated rings. The van der Waals surface area contributed by atoms with Gasteiger partial charge >= 0.3 is 0 Å². The average molecular weight is 371 g/mol. The second-order valence-corrected chi connectivity index (χ2v) is 8.32. The van der Waals surface area contributed by atoms with Gasteiger partial charge in [-0.2, -0.15) is 0 Å². The lowest BCUT2D eigenvalue weighted by atomic mass is 9.61. The molecule has 1 aromatic rings. The second-order valence-electron chi connectivity index (χ2n) is 8.32. The molecular weight excluding hydrogens is 340 g/mol. The number of benzene rings is 1. The average Bonchev–Trinajstić information content (AvgIpc) is 2.71. The molecule has 0 aromatic heterocycles. The third kappa shape index (κ3) is 3.55. The molecule has 0 radical (unpaired) electrons. The monoisotopic (exact) mass is 371 g/mol. The summed E-state index contributed by atoms with van der Waals surface area (Å²) in [4.78, 5) is 12.3. The van der Waals surface area contributed by atoms with Crippen molar-refractivity contribution in [3.63, 3.8) is 0 Å². The third-order valence-electron chi connectivity index (χ3n) is 6.92. The Balaban J connectivity index is 1.71. The molecule has 1 aliphatic heterocycles. The Morgan fingerprint density at radius 3 is 2.04 bits per heavy atom. The van der Waals surface area contributed by atoms with Gasteiger partial charge in [0.05, 0.1) is 36.3 Å². The van der Waals surface area contributed by atoms with E-state index >= 15 is 0 Å².